The van der Waals surface area contributed by atoms with Gasteiger partial charge in [-0.25, -0.2) is 0 Å². The number of halogens is 1. The third-order valence-corrected chi connectivity index (χ3v) is 3.42. The number of benzene rings is 2. The van der Waals surface area contributed by atoms with E-state index in [1.54, 1.807) is 0 Å². The molecule has 2 aromatic rings. The molecule has 0 bridgehead atoms. The van der Waals surface area contributed by atoms with Crippen LogP contribution in [0.1, 0.15) is 25.0 Å². The van der Waals surface area contributed by atoms with Gasteiger partial charge in [-0.05, 0) is 24.6 Å². The second-order valence-electron chi connectivity index (χ2n) is 4.45. The first-order valence-corrected chi connectivity index (χ1v) is 6.82. The Labute approximate surface area is 119 Å². The molecule has 2 aromatic carbocycles. The summed E-state index contributed by atoms with van der Waals surface area (Å²) in [7, 11) is 0. The topological polar surface area (TPSA) is 35.2 Å². The summed E-state index contributed by atoms with van der Waals surface area (Å²) in [6, 6.07) is 17.3. The Morgan fingerprint density at radius 1 is 1.05 bits per heavy atom. The highest BCUT2D eigenvalue weighted by Gasteiger charge is 2.22. The van der Waals surface area contributed by atoms with Gasteiger partial charge in [0.25, 0.3) is 0 Å². The largest absolute Gasteiger partial charge is 0.484 e. The molecule has 3 heteroatoms. The van der Waals surface area contributed by atoms with Gasteiger partial charge in [0.2, 0.25) is 0 Å². The molecular weight excluding hydrogens is 258 g/mol. The molecule has 0 spiro atoms. The van der Waals surface area contributed by atoms with Gasteiger partial charge < -0.3 is 10.5 Å². The fourth-order valence-electron chi connectivity index (χ4n) is 1.95. The molecule has 0 saturated carbocycles. The zero-order valence-corrected chi connectivity index (χ0v) is 11.7. The number of ether oxygens (including phenoxy) is 1. The Kier molecular flexibility index (Phi) is 4.83. The van der Waals surface area contributed by atoms with E-state index in [0.29, 0.717) is 5.02 Å². The third-order valence-electron chi connectivity index (χ3n) is 3.08. The van der Waals surface area contributed by atoms with Crippen molar-refractivity contribution in [3.63, 3.8) is 0 Å². The molecule has 0 aromatic heterocycles. The van der Waals surface area contributed by atoms with Crippen LogP contribution in [0.25, 0.3) is 0 Å². The summed E-state index contributed by atoms with van der Waals surface area (Å²) in [5.41, 5.74) is 7.12. The zero-order chi connectivity index (χ0) is 13.7. The highest BCUT2D eigenvalue weighted by atomic mass is 35.5. The van der Waals surface area contributed by atoms with E-state index in [1.807, 2.05) is 61.5 Å². The first kappa shape index (κ1) is 13.9. The lowest BCUT2D eigenvalue weighted by Crippen LogP contribution is -2.31. The van der Waals surface area contributed by atoms with Crippen LogP contribution in [-0.2, 0) is 0 Å². The van der Waals surface area contributed by atoms with Crippen molar-refractivity contribution in [1.82, 2.24) is 0 Å². The first-order valence-electron chi connectivity index (χ1n) is 6.44. The van der Waals surface area contributed by atoms with Gasteiger partial charge in [-0.15, -0.1) is 0 Å². The number of para-hydroxylation sites is 1. The van der Waals surface area contributed by atoms with E-state index in [2.05, 4.69) is 0 Å². The van der Waals surface area contributed by atoms with Crippen molar-refractivity contribution >= 4 is 11.6 Å². The van der Waals surface area contributed by atoms with Crippen LogP contribution in [0.2, 0.25) is 5.02 Å². The normalized spacial score (nSPS) is 13.8. The Morgan fingerprint density at radius 2 is 1.68 bits per heavy atom. The highest BCUT2D eigenvalue weighted by Crippen LogP contribution is 2.30. The van der Waals surface area contributed by atoms with Gasteiger partial charge >= 0.3 is 0 Å². The van der Waals surface area contributed by atoms with E-state index in [0.717, 1.165) is 17.7 Å². The maximum absolute atomic E-state index is 6.25. The van der Waals surface area contributed by atoms with Crippen LogP contribution in [0.15, 0.2) is 54.6 Å². The van der Waals surface area contributed by atoms with Gasteiger partial charge in [0.1, 0.15) is 11.9 Å². The predicted molar refractivity (Wildman–Crippen MR) is 79.5 cm³/mol. The average Bonchev–Trinajstić information content (AvgIpc) is 2.46. The minimum absolute atomic E-state index is 0.0971. The maximum Gasteiger partial charge on any atom is 0.140 e. The Bertz CT molecular complexity index is 515. The number of hydrogen-bond donors (Lipinski definition) is 1. The van der Waals surface area contributed by atoms with E-state index < -0.39 is 0 Å². The second-order valence-corrected chi connectivity index (χ2v) is 4.85. The summed E-state index contributed by atoms with van der Waals surface area (Å²) < 4.78 is 6.02. The van der Waals surface area contributed by atoms with Gasteiger partial charge in [-0.1, -0.05) is 54.9 Å². The molecule has 0 heterocycles. The zero-order valence-electron chi connectivity index (χ0n) is 10.9. The van der Waals surface area contributed by atoms with E-state index in [9.17, 15) is 0 Å². The third kappa shape index (κ3) is 3.49. The monoisotopic (exact) mass is 275 g/mol. The summed E-state index contributed by atoms with van der Waals surface area (Å²) in [6.45, 7) is 2.04. The minimum Gasteiger partial charge on any atom is -0.484 e. The lowest BCUT2D eigenvalue weighted by molar-refractivity contribution is 0.171. The summed E-state index contributed by atoms with van der Waals surface area (Å²) in [5, 5.41) is 0.687. The number of hydrogen-bond acceptors (Lipinski definition) is 2. The van der Waals surface area contributed by atoms with Crippen molar-refractivity contribution in [2.45, 2.75) is 25.5 Å². The van der Waals surface area contributed by atoms with Crippen molar-refractivity contribution in [2.75, 3.05) is 0 Å². The molecule has 2 N–H and O–H groups in total. The van der Waals surface area contributed by atoms with Crippen molar-refractivity contribution < 1.29 is 4.74 Å². The van der Waals surface area contributed by atoms with E-state index in [-0.39, 0.29) is 12.1 Å². The predicted octanol–water partition coefficient (Wildman–Crippen LogP) is 4.20. The van der Waals surface area contributed by atoms with Crippen LogP contribution in [0.4, 0.5) is 0 Å². The number of nitrogens with two attached hydrogens (primary N) is 1. The molecule has 19 heavy (non-hydrogen) atoms. The molecule has 2 nitrogen and oxygen atoms in total. The standard InChI is InChI=1S/C16H18ClNO/c1-2-15(18)16(13-10-6-7-11-14(13)17)19-12-8-4-3-5-9-12/h3-11,15-16H,2,18H2,1H3. The molecule has 0 saturated heterocycles. The van der Waals surface area contributed by atoms with Gasteiger partial charge in [-0.2, -0.15) is 0 Å². The molecule has 0 aliphatic rings. The Hall–Kier alpha value is -1.51. The lowest BCUT2D eigenvalue weighted by atomic mass is 10.0. The van der Waals surface area contributed by atoms with Crippen LogP contribution in [0.5, 0.6) is 5.75 Å². The van der Waals surface area contributed by atoms with Gasteiger partial charge in [0, 0.05) is 16.6 Å². The van der Waals surface area contributed by atoms with Crippen molar-refractivity contribution in [1.29, 1.82) is 0 Å². The molecule has 2 atom stereocenters. The van der Waals surface area contributed by atoms with E-state index in [4.69, 9.17) is 22.1 Å². The van der Waals surface area contributed by atoms with Crippen LogP contribution < -0.4 is 10.5 Å². The first-order chi connectivity index (χ1) is 9.22. The Morgan fingerprint density at radius 3 is 2.32 bits per heavy atom. The maximum atomic E-state index is 6.25. The summed E-state index contributed by atoms with van der Waals surface area (Å²) in [5.74, 6) is 0.802. The van der Waals surface area contributed by atoms with Crippen LogP contribution >= 0.6 is 11.6 Å². The van der Waals surface area contributed by atoms with E-state index in [1.165, 1.54) is 0 Å². The second kappa shape index (κ2) is 6.60. The lowest BCUT2D eigenvalue weighted by Gasteiger charge is -2.25. The van der Waals surface area contributed by atoms with Crippen LogP contribution in [0, 0.1) is 0 Å². The van der Waals surface area contributed by atoms with E-state index >= 15 is 0 Å². The fourth-order valence-corrected chi connectivity index (χ4v) is 2.19. The van der Waals surface area contributed by atoms with Crippen molar-refractivity contribution in [3.8, 4) is 5.75 Å². The quantitative estimate of drug-likeness (QED) is 0.888. The van der Waals surface area contributed by atoms with Gasteiger partial charge in [-0.3, -0.25) is 0 Å². The van der Waals surface area contributed by atoms with Gasteiger partial charge in [0.05, 0.1) is 0 Å². The van der Waals surface area contributed by atoms with Gasteiger partial charge in [0.15, 0.2) is 0 Å². The summed E-state index contributed by atoms with van der Waals surface area (Å²) in [4.78, 5) is 0. The van der Waals surface area contributed by atoms with Crippen molar-refractivity contribution in [2.24, 2.45) is 5.73 Å². The molecule has 2 unspecified atom stereocenters. The SMILES string of the molecule is CCC(N)C(Oc1ccccc1)c1ccccc1Cl. The van der Waals surface area contributed by atoms with Crippen LogP contribution in [0.3, 0.4) is 0 Å². The highest BCUT2D eigenvalue weighted by molar-refractivity contribution is 6.31. The Balaban J connectivity index is 2.29. The summed E-state index contributed by atoms with van der Waals surface area (Å²) >= 11 is 6.25. The minimum atomic E-state index is -0.235. The molecule has 0 radical (unpaired) electrons. The van der Waals surface area contributed by atoms with Crippen LogP contribution in [-0.4, -0.2) is 6.04 Å². The molecule has 0 fully saturated rings. The molecule has 0 aliphatic carbocycles. The molecule has 100 valence electrons. The fraction of sp³-hybridized carbons (Fsp3) is 0.250. The summed E-state index contributed by atoms with van der Waals surface area (Å²) in [6.07, 6.45) is 0.587. The molecular formula is C16H18ClNO. The number of rotatable bonds is 5. The smallest absolute Gasteiger partial charge is 0.140 e. The van der Waals surface area contributed by atoms with Crippen molar-refractivity contribution in [3.05, 3.63) is 65.2 Å². The molecule has 2 rings (SSSR count). The molecule has 0 aliphatic heterocycles. The average molecular weight is 276 g/mol. The molecule has 0 amide bonds.